The second kappa shape index (κ2) is 8.54. The van der Waals surface area contributed by atoms with Crippen molar-refractivity contribution < 1.29 is 13.9 Å². The molecule has 0 saturated carbocycles. The summed E-state index contributed by atoms with van der Waals surface area (Å²) in [4.78, 5) is 1.25. The highest BCUT2D eigenvalue weighted by molar-refractivity contribution is 6.32. The minimum atomic E-state index is -0.341. The van der Waals surface area contributed by atoms with E-state index in [1.54, 1.807) is 30.3 Å². The summed E-state index contributed by atoms with van der Waals surface area (Å²) in [5.41, 5.74) is 9.78. The molecule has 0 fully saturated rings. The smallest absolute Gasteiger partial charge is 0.260 e. The second-order valence-electron chi connectivity index (χ2n) is 5.50. The minimum absolute atomic E-state index is 0.0330. The standard InChI is InChI=1S/C17H18ClFN6O2/c1-2-26-15-8-11(9-21-25-17(20)22-23-24-25)7-13(18)16(15)27-10-12-5-3-4-6-14(12)19/h3-8,21H,2,9-10H2,1H3,(H2,20,22,24). The van der Waals surface area contributed by atoms with Crippen LogP contribution in [0.25, 0.3) is 0 Å². The summed E-state index contributed by atoms with van der Waals surface area (Å²) in [7, 11) is 0. The molecule has 142 valence electrons. The van der Waals surface area contributed by atoms with Crippen LogP contribution in [0.15, 0.2) is 36.4 Å². The molecular weight excluding hydrogens is 375 g/mol. The number of hydrogen-bond donors (Lipinski definition) is 2. The first kappa shape index (κ1) is 18.7. The van der Waals surface area contributed by atoms with Gasteiger partial charge in [-0.3, -0.25) is 0 Å². The fraction of sp³-hybridized carbons (Fsp3) is 0.235. The molecule has 3 rings (SSSR count). The van der Waals surface area contributed by atoms with Crippen LogP contribution in [0.3, 0.4) is 0 Å². The lowest BCUT2D eigenvalue weighted by atomic mass is 10.2. The molecule has 0 unspecified atom stereocenters. The lowest BCUT2D eigenvalue weighted by Crippen LogP contribution is -2.18. The number of tetrazole rings is 1. The van der Waals surface area contributed by atoms with E-state index >= 15 is 0 Å². The SMILES string of the molecule is CCOc1cc(CNn2nnnc2N)cc(Cl)c1OCc1ccccc1F. The second-order valence-corrected chi connectivity index (χ2v) is 5.91. The Kier molecular flexibility index (Phi) is 5.92. The van der Waals surface area contributed by atoms with Crippen molar-refractivity contribution in [2.75, 3.05) is 17.8 Å². The minimum Gasteiger partial charge on any atom is -0.490 e. The van der Waals surface area contributed by atoms with Crippen LogP contribution in [0, 0.1) is 5.82 Å². The van der Waals surface area contributed by atoms with Crippen molar-refractivity contribution in [3.05, 3.63) is 58.4 Å². The molecule has 2 aromatic carbocycles. The maximum absolute atomic E-state index is 13.8. The summed E-state index contributed by atoms with van der Waals surface area (Å²) in [5.74, 6) is 0.609. The Labute approximate surface area is 160 Å². The van der Waals surface area contributed by atoms with Crippen LogP contribution in [0.5, 0.6) is 11.5 Å². The van der Waals surface area contributed by atoms with E-state index in [0.717, 1.165) is 5.56 Å². The summed E-state index contributed by atoms with van der Waals surface area (Å²) in [6.07, 6.45) is 0. The number of ether oxygens (including phenoxy) is 2. The number of rotatable bonds is 8. The van der Waals surface area contributed by atoms with Gasteiger partial charge in [0.15, 0.2) is 11.5 Å². The zero-order chi connectivity index (χ0) is 19.2. The lowest BCUT2D eigenvalue weighted by molar-refractivity contribution is 0.266. The van der Waals surface area contributed by atoms with E-state index in [-0.39, 0.29) is 18.4 Å². The van der Waals surface area contributed by atoms with Crippen LogP contribution < -0.4 is 20.6 Å². The van der Waals surface area contributed by atoms with Crippen molar-refractivity contribution in [2.45, 2.75) is 20.1 Å². The van der Waals surface area contributed by atoms with E-state index in [1.807, 2.05) is 6.92 Å². The quantitative estimate of drug-likeness (QED) is 0.607. The number of aromatic nitrogens is 4. The molecule has 0 spiro atoms. The molecule has 0 saturated heterocycles. The van der Waals surface area contributed by atoms with Gasteiger partial charge in [0.25, 0.3) is 5.95 Å². The van der Waals surface area contributed by atoms with E-state index < -0.39 is 0 Å². The highest BCUT2D eigenvalue weighted by Gasteiger charge is 2.14. The summed E-state index contributed by atoms with van der Waals surface area (Å²) >= 11 is 6.37. The molecule has 1 heterocycles. The van der Waals surface area contributed by atoms with Crippen molar-refractivity contribution in [2.24, 2.45) is 0 Å². The van der Waals surface area contributed by atoms with Crippen LogP contribution in [0.1, 0.15) is 18.1 Å². The van der Waals surface area contributed by atoms with Gasteiger partial charge in [0, 0.05) is 5.56 Å². The van der Waals surface area contributed by atoms with E-state index in [0.29, 0.717) is 35.2 Å². The molecule has 0 aliphatic carbocycles. The Morgan fingerprint density at radius 1 is 1.26 bits per heavy atom. The van der Waals surface area contributed by atoms with Gasteiger partial charge in [-0.05, 0) is 41.1 Å². The number of halogens is 2. The zero-order valence-corrected chi connectivity index (χ0v) is 15.3. The van der Waals surface area contributed by atoms with Gasteiger partial charge >= 0.3 is 0 Å². The molecule has 10 heteroatoms. The maximum atomic E-state index is 13.8. The Bertz CT molecular complexity index is 920. The van der Waals surface area contributed by atoms with Crippen LogP contribution in [0.2, 0.25) is 5.02 Å². The third-order valence-electron chi connectivity index (χ3n) is 3.63. The van der Waals surface area contributed by atoms with Gasteiger partial charge in [-0.15, -0.1) is 4.79 Å². The third kappa shape index (κ3) is 4.56. The van der Waals surface area contributed by atoms with Gasteiger partial charge in [0.2, 0.25) is 0 Å². The molecular formula is C17H18ClFN6O2. The number of benzene rings is 2. The lowest BCUT2D eigenvalue weighted by Gasteiger charge is -2.16. The van der Waals surface area contributed by atoms with Gasteiger partial charge in [0.05, 0.1) is 18.2 Å². The summed E-state index contributed by atoms with van der Waals surface area (Å²) < 4.78 is 25.2. The molecule has 3 N–H and O–H groups in total. The first-order chi connectivity index (χ1) is 13.1. The number of nitrogens with two attached hydrogens (primary N) is 1. The highest BCUT2D eigenvalue weighted by Crippen LogP contribution is 2.37. The molecule has 0 bridgehead atoms. The molecule has 1 aromatic heterocycles. The Balaban J connectivity index is 1.77. The molecule has 0 aliphatic heterocycles. The van der Waals surface area contributed by atoms with E-state index in [2.05, 4.69) is 21.0 Å². The average Bonchev–Trinajstić information content (AvgIpc) is 3.06. The van der Waals surface area contributed by atoms with E-state index in [4.69, 9.17) is 26.8 Å². The largest absolute Gasteiger partial charge is 0.490 e. The molecule has 8 nitrogen and oxygen atoms in total. The van der Waals surface area contributed by atoms with Crippen molar-refractivity contribution in [3.63, 3.8) is 0 Å². The van der Waals surface area contributed by atoms with Crippen LogP contribution in [0.4, 0.5) is 10.3 Å². The Morgan fingerprint density at radius 3 is 2.78 bits per heavy atom. The van der Waals surface area contributed by atoms with Crippen molar-refractivity contribution in [3.8, 4) is 11.5 Å². The van der Waals surface area contributed by atoms with Gasteiger partial charge < -0.3 is 20.6 Å². The monoisotopic (exact) mass is 392 g/mol. The highest BCUT2D eigenvalue weighted by atomic mass is 35.5. The molecule has 3 aromatic rings. The normalized spacial score (nSPS) is 10.6. The average molecular weight is 393 g/mol. The predicted molar refractivity (Wildman–Crippen MR) is 98.6 cm³/mol. The first-order valence-corrected chi connectivity index (χ1v) is 8.55. The van der Waals surface area contributed by atoms with Crippen LogP contribution >= 0.6 is 11.6 Å². The van der Waals surface area contributed by atoms with Crippen molar-refractivity contribution in [1.29, 1.82) is 0 Å². The fourth-order valence-corrected chi connectivity index (χ4v) is 2.65. The summed E-state index contributed by atoms with van der Waals surface area (Å²) in [5, 5.41) is 11.1. The number of nitrogen functional groups attached to an aromatic ring is 1. The van der Waals surface area contributed by atoms with Gasteiger partial charge in [-0.25, -0.2) is 4.39 Å². The number of nitrogens with zero attached hydrogens (tertiary/aromatic N) is 4. The Morgan fingerprint density at radius 2 is 2.07 bits per heavy atom. The molecule has 0 amide bonds. The van der Waals surface area contributed by atoms with Crippen molar-refractivity contribution >= 4 is 17.5 Å². The maximum Gasteiger partial charge on any atom is 0.260 e. The zero-order valence-electron chi connectivity index (χ0n) is 14.5. The number of anilines is 1. The van der Waals surface area contributed by atoms with Gasteiger partial charge in [0.1, 0.15) is 12.4 Å². The fourth-order valence-electron chi connectivity index (χ4n) is 2.36. The topological polar surface area (TPSA) is 100 Å². The van der Waals surface area contributed by atoms with Gasteiger partial charge in [-0.1, -0.05) is 34.9 Å². The summed E-state index contributed by atoms with van der Waals surface area (Å²) in [6, 6.07) is 9.89. The molecule has 0 atom stereocenters. The Hall–Kier alpha value is -3.07. The van der Waals surface area contributed by atoms with Crippen molar-refractivity contribution in [1.82, 2.24) is 20.3 Å². The van der Waals surface area contributed by atoms with E-state index in [9.17, 15) is 4.39 Å². The molecule has 0 radical (unpaired) electrons. The molecule has 27 heavy (non-hydrogen) atoms. The van der Waals surface area contributed by atoms with Crippen LogP contribution in [-0.4, -0.2) is 26.9 Å². The number of hydrogen-bond acceptors (Lipinski definition) is 7. The molecule has 0 aliphatic rings. The predicted octanol–water partition coefficient (Wildman–Crippen LogP) is 2.77. The van der Waals surface area contributed by atoms with Gasteiger partial charge in [-0.2, -0.15) is 0 Å². The third-order valence-corrected chi connectivity index (χ3v) is 3.91. The first-order valence-electron chi connectivity index (χ1n) is 8.17. The summed E-state index contributed by atoms with van der Waals surface area (Å²) in [6.45, 7) is 2.65. The van der Waals surface area contributed by atoms with E-state index in [1.165, 1.54) is 10.9 Å². The number of nitrogens with one attached hydrogen (secondary N) is 1. The van der Waals surface area contributed by atoms with Crippen LogP contribution in [-0.2, 0) is 13.2 Å².